The minimum atomic E-state index is -0.966. The molecule has 0 saturated carbocycles. The van der Waals surface area contributed by atoms with Gasteiger partial charge in [-0.2, -0.15) is 0 Å². The number of methoxy groups -OCH3 is 1. The Morgan fingerprint density at radius 1 is 1.71 bits per heavy atom. The zero-order chi connectivity index (χ0) is 10.6. The molecule has 1 unspecified atom stereocenters. The summed E-state index contributed by atoms with van der Waals surface area (Å²) in [5, 5.41) is 8.95. The maximum absolute atomic E-state index is 10.9. The zero-order valence-corrected chi connectivity index (χ0v) is 8.18. The van der Waals surface area contributed by atoms with Crippen LogP contribution >= 0.6 is 0 Å². The summed E-state index contributed by atoms with van der Waals surface area (Å²) in [4.78, 5) is 12.2. The lowest BCUT2D eigenvalue weighted by Crippen LogP contribution is -2.42. The quantitative estimate of drug-likeness (QED) is 0.696. The molecule has 0 bridgehead atoms. The van der Waals surface area contributed by atoms with Crippen LogP contribution in [0.2, 0.25) is 0 Å². The summed E-state index contributed by atoms with van der Waals surface area (Å²) < 4.78 is 10.1. The van der Waals surface area contributed by atoms with Crippen LogP contribution in [0.5, 0.6) is 0 Å². The Morgan fingerprint density at radius 2 is 2.43 bits per heavy atom. The number of hydrogen-bond acceptors (Lipinski definition) is 3. The lowest BCUT2D eigenvalue weighted by molar-refractivity contribution is -0.0173. The molecule has 2 atom stereocenters. The first-order valence-electron chi connectivity index (χ1n) is 4.47. The van der Waals surface area contributed by atoms with Gasteiger partial charge in [0, 0.05) is 7.11 Å². The molecule has 0 radical (unpaired) electrons. The van der Waals surface area contributed by atoms with E-state index in [0.29, 0.717) is 13.0 Å². The van der Waals surface area contributed by atoms with Gasteiger partial charge in [-0.25, -0.2) is 4.79 Å². The second-order valence-corrected chi connectivity index (χ2v) is 3.11. The van der Waals surface area contributed by atoms with Crippen LogP contribution in [-0.2, 0) is 9.47 Å². The van der Waals surface area contributed by atoms with Crippen molar-refractivity contribution in [3.05, 3.63) is 12.8 Å². The van der Waals surface area contributed by atoms with Gasteiger partial charge in [-0.3, -0.25) is 4.90 Å². The molecule has 1 saturated heterocycles. The molecular weight excluding hydrogens is 186 g/mol. The lowest BCUT2D eigenvalue weighted by atomic mass is 10.2. The van der Waals surface area contributed by atoms with Gasteiger partial charge in [-0.1, -0.05) is 6.58 Å². The molecule has 5 nitrogen and oxygen atoms in total. The van der Waals surface area contributed by atoms with Crippen molar-refractivity contribution in [2.45, 2.75) is 25.1 Å². The highest BCUT2D eigenvalue weighted by Crippen LogP contribution is 2.24. The average molecular weight is 201 g/mol. The van der Waals surface area contributed by atoms with Gasteiger partial charge < -0.3 is 14.6 Å². The minimum absolute atomic E-state index is 0.129. The Morgan fingerprint density at radius 3 is 2.93 bits per heavy atom. The zero-order valence-electron chi connectivity index (χ0n) is 8.18. The summed E-state index contributed by atoms with van der Waals surface area (Å²) >= 11 is 0. The molecule has 0 aliphatic carbocycles. The van der Waals surface area contributed by atoms with Crippen molar-refractivity contribution in [3.8, 4) is 0 Å². The molecule has 1 aliphatic rings. The van der Waals surface area contributed by atoms with Crippen LogP contribution in [0.1, 0.15) is 12.8 Å². The van der Waals surface area contributed by atoms with Gasteiger partial charge in [0.1, 0.15) is 12.8 Å². The van der Waals surface area contributed by atoms with E-state index < -0.39 is 6.09 Å². The average Bonchev–Trinajstić information content (AvgIpc) is 2.57. The van der Waals surface area contributed by atoms with Crippen molar-refractivity contribution in [2.75, 3.05) is 13.7 Å². The first-order chi connectivity index (χ1) is 6.70. The number of carboxylic acid groups (broad SMARTS) is 1. The first kappa shape index (κ1) is 10.8. The molecule has 14 heavy (non-hydrogen) atoms. The fourth-order valence-corrected chi connectivity index (χ4v) is 1.70. The predicted molar refractivity (Wildman–Crippen MR) is 49.8 cm³/mol. The monoisotopic (exact) mass is 201 g/mol. The summed E-state index contributed by atoms with van der Waals surface area (Å²) in [6, 6.07) is -0.129. The number of likely N-dealkylation sites (tertiary alicyclic amines) is 1. The number of carbonyl (C=O) groups is 1. The fourth-order valence-electron chi connectivity index (χ4n) is 1.70. The van der Waals surface area contributed by atoms with Crippen LogP contribution in [0.4, 0.5) is 4.79 Å². The van der Waals surface area contributed by atoms with E-state index in [1.54, 1.807) is 0 Å². The Hall–Kier alpha value is -1.23. The molecular formula is C9H15NO4. The van der Waals surface area contributed by atoms with Gasteiger partial charge in [0.25, 0.3) is 0 Å². The van der Waals surface area contributed by atoms with E-state index in [1.165, 1.54) is 18.3 Å². The summed E-state index contributed by atoms with van der Waals surface area (Å²) in [7, 11) is 1.51. The Bertz CT molecular complexity index is 219. The van der Waals surface area contributed by atoms with Crippen LogP contribution in [0, 0.1) is 0 Å². The van der Waals surface area contributed by atoms with E-state index in [9.17, 15) is 4.79 Å². The van der Waals surface area contributed by atoms with Crippen molar-refractivity contribution in [1.82, 2.24) is 4.90 Å². The van der Waals surface area contributed by atoms with Crippen LogP contribution in [-0.4, -0.2) is 42.1 Å². The van der Waals surface area contributed by atoms with Gasteiger partial charge in [0.2, 0.25) is 0 Å². The second kappa shape index (κ2) is 4.85. The van der Waals surface area contributed by atoms with Crippen molar-refractivity contribution in [2.24, 2.45) is 0 Å². The summed E-state index contributed by atoms with van der Waals surface area (Å²) in [6.07, 6.45) is 1.49. The summed E-state index contributed by atoms with van der Waals surface area (Å²) in [6.45, 7) is 3.75. The van der Waals surface area contributed by atoms with E-state index >= 15 is 0 Å². The van der Waals surface area contributed by atoms with E-state index in [4.69, 9.17) is 14.6 Å². The molecule has 5 heteroatoms. The van der Waals surface area contributed by atoms with Crippen molar-refractivity contribution in [3.63, 3.8) is 0 Å². The lowest BCUT2D eigenvalue weighted by Gasteiger charge is -2.25. The van der Waals surface area contributed by atoms with Crippen molar-refractivity contribution < 1.29 is 19.4 Å². The number of ether oxygens (including phenoxy) is 2. The topological polar surface area (TPSA) is 59.0 Å². The molecule has 1 rings (SSSR count). The number of hydrogen-bond donors (Lipinski definition) is 1. The third kappa shape index (κ3) is 2.17. The number of rotatable bonds is 4. The molecule has 0 spiro atoms. The first-order valence-corrected chi connectivity index (χ1v) is 4.47. The SMILES string of the molecule is C=COC[C@@H]1CCC(OC)N1C(=O)O. The molecule has 0 aromatic heterocycles. The van der Waals surface area contributed by atoms with Crippen LogP contribution in [0.3, 0.4) is 0 Å². The van der Waals surface area contributed by atoms with Crippen LogP contribution in [0.15, 0.2) is 12.8 Å². The molecule has 80 valence electrons. The molecule has 1 amide bonds. The molecule has 1 fully saturated rings. The van der Waals surface area contributed by atoms with Gasteiger partial charge in [0.05, 0.1) is 12.3 Å². The third-order valence-corrected chi connectivity index (χ3v) is 2.35. The van der Waals surface area contributed by atoms with Gasteiger partial charge >= 0.3 is 6.09 Å². The summed E-state index contributed by atoms with van der Waals surface area (Å²) in [5.41, 5.74) is 0. The van der Waals surface area contributed by atoms with Gasteiger partial charge in [-0.15, -0.1) is 0 Å². The largest absolute Gasteiger partial charge is 0.500 e. The van der Waals surface area contributed by atoms with Crippen molar-refractivity contribution in [1.29, 1.82) is 0 Å². The second-order valence-electron chi connectivity index (χ2n) is 3.11. The van der Waals surface area contributed by atoms with Gasteiger partial charge in [-0.05, 0) is 12.8 Å². The van der Waals surface area contributed by atoms with E-state index in [-0.39, 0.29) is 12.3 Å². The highest BCUT2D eigenvalue weighted by molar-refractivity contribution is 5.66. The standard InChI is InChI=1S/C9H15NO4/c1-3-14-6-7-4-5-8(13-2)10(7)9(11)12/h3,7-8H,1,4-6H2,2H3,(H,11,12)/t7-,8?/m0/s1. The Labute approximate surface area is 82.9 Å². The van der Waals surface area contributed by atoms with Crippen molar-refractivity contribution >= 4 is 6.09 Å². The minimum Gasteiger partial charge on any atom is -0.500 e. The van der Waals surface area contributed by atoms with E-state index in [2.05, 4.69) is 6.58 Å². The normalized spacial score (nSPS) is 26.2. The fraction of sp³-hybridized carbons (Fsp3) is 0.667. The predicted octanol–water partition coefficient (Wildman–Crippen LogP) is 1.26. The molecule has 1 heterocycles. The highest BCUT2D eigenvalue weighted by Gasteiger charge is 2.37. The molecule has 0 aromatic carbocycles. The maximum Gasteiger partial charge on any atom is 0.409 e. The van der Waals surface area contributed by atoms with E-state index in [1.807, 2.05) is 0 Å². The maximum atomic E-state index is 10.9. The highest BCUT2D eigenvalue weighted by atomic mass is 16.5. The third-order valence-electron chi connectivity index (χ3n) is 2.35. The van der Waals surface area contributed by atoms with E-state index in [0.717, 1.165) is 6.42 Å². The number of nitrogens with zero attached hydrogens (tertiary/aromatic N) is 1. The molecule has 0 aromatic rings. The molecule has 1 aliphatic heterocycles. The Balaban J connectivity index is 2.58. The number of amides is 1. The summed E-state index contributed by atoms with van der Waals surface area (Å²) in [5.74, 6) is 0. The van der Waals surface area contributed by atoms with Gasteiger partial charge in [0.15, 0.2) is 0 Å². The smallest absolute Gasteiger partial charge is 0.409 e. The molecule has 1 N–H and O–H groups in total. The van der Waals surface area contributed by atoms with Crippen LogP contribution in [0.25, 0.3) is 0 Å². The van der Waals surface area contributed by atoms with Crippen LogP contribution < -0.4 is 0 Å². The Kier molecular flexibility index (Phi) is 3.76.